The van der Waals surface area contributed by atoms with E-state index in [-0.39, 0.29) is 11.9 Å². The van der Waals surface area contributed by atoms with Crippen LogP contribution in [0.15, 0.2) is 18.7 Å². The first-order valence-corrected chi connectivity index (χ1v) is 30.7. The number of unbranched alkanes of at least 4 members (excludes halogenated alkanes) is 25. The van der Waals surface area contributed by atoms with Gasteiger partial charge in [-0.05, 0) is 68.6 Å². The van der Waals surface area contributed by atoms with E-state index >= 15 is 0 Å². The molecule has 0 bridgehead atoms. The van der Waals surface area contributed by atoms with E-state index in [2.05, 4.69) is 50.4 Å². The summed E-state index contributed by atoms with van der Waals surface area (Å²) in [6.45, 7) is 13.7. The van der Waals surface area contributed by atoms with Crippen LogP contribution in [-0.2, 0) is 25.6 Å². The molecule has 0 amide bonds. The third kappa shape index (κ3) is 41.9. The maximum absolute atomic E-state index is 12.6. The first kappa shape index (κ1) is 64.2. The van der Waals surface area contributed by atoms with Crippen molar-refractivity contribution in [3.63, 3.8) is 0 Å². The zero-order chi connectivity index (χ0) is 49.2. The molecule has 0 spiro atoms. The Kier molecular flexibility index (Phi) is 47.3. The van der Waals surface area contributed by atoms with Crippen LogP contribution in [0.4, 0.5) is 0 Å². The van der Waals surface area contributed by atoms with Gasteiger partial charge in [-0.3, -0.25) is 9.59 Å². The first-order chi connectivity index (χ1) is 33.4. The predicted molar refractivity (Wildman–Crippen MR) is 294 cm³/mol. The average molecular weight is 956 g/mol. The highest BCUT2D eigenvalue weighted by molar-refractivity contribution is 5.69. The molecule has 6 heteroatoms. The van der Waals surface area contributed by atoms with Crippen molar-refractivity contribution >= 4 is 11.9 Å². The van der Waals surface area contributed by atoms with Crippen LogP contribution in [0.3, 0.4) is 0 Å². The van der Waals surface area contributed by atoms with Gasteiger partial charge in [-0.2, -0.15) is 0 Å². The van der Waals surface area contributed by atoms with Crippen LogP contribution in [0.25, 0.3) is 0 Å². The molecule has 0 fully saturated rings. The Hall–Kier alpha value is -1.85. The highest BCUT2D eigenvalue weighted by Gasteiger charge is 2.16. The Bertz CT molecular complexity index is 1120. The lowest BCUT2D eigenvalue weighted by Crippen LogP contribution is -2.14. The van der Waals surface area contributed by atoms with E-state index in [0.29, 0.717) is 37.9 Å². The number of aromatic nitrogens is 2. The van der Waals surface area contributed by atoms with Gasteiger partial charge in [-0.15, -0.1) is 0 Å². The van der Waals surface area contributed by atoms with Crippen molar-refractivity contribution < 1.29 is 19.1 Å². The molecule has 0 N–H and O–H groups in total. The van der Waals surface area contributed by atoms with E-state index < -0.39 is 0 Å². The number of aryl methyl sites for hydroxylation is 1. The van der Waals surface area contributed by atoms with Gasteiger partial charge >= 0.3 is 11.9 Å². The Labute approximate surface area is 424 Å². The number of carbonyl (C=O) groups is 2. The summed E-state index contributed by atoms with van der Waals surface area (Å²) in [5.74, 6) is 2.87. The van der Waals surface area contributed by atoms with Gasteiger partial charge in [-0.1, -0.05) is 266 Å². The number of imidazole rings is 1. The second-order valence-corrected chi connectivity index (χ2v) is 21.9. The summed E-state index contributed by atoms with van der Waals surface area (Å²) >= 11 is 0. The van der Waals surface area contributed by atoms with Crippen molar-refractivity contribution in [2.24, 2.45) is 23.7 Å². The van der Waals surface area contributed by atoms with Crippen molar-refractivity contribution in [1.82, 2.24) is 9.55 Å². The summed E-state index contributed by atoms with van der Waals surface area (Å²) in [7, 11) is 0. The quantitative estimate of drug-likeness (QED) is 0.0481. The minimum Gasteiger partial charge on any atom is -0.465 e. The predicted octanol–water partition coefficient (Wildman–Crippen LogP) is 20.1. The van der Waals surface area contributed by atoms with E-state index in [1.54, 1.807) is 0 Å². The second kappa shape index (κ2) is 50.1. The van der Waals surface area contributed by atoms with Crippen molar-refractivity contribution in [3.8, 4) is 0 Å². The smallest absolute Gasteiger partial charge is 0.305 e. The zero-order valence-corrected chi connectivity index (χ0v) is 46.5. The third-order valence-electron chi connectivity index (χ3n) is 15.3. The molecular formula is C62H118N2O4. The highest BCUT2D eigenvalue weighted by atomic mass is 16.5. The minimum atomic E-state index is 0.0286. The monoisotopic (exact) mass is 955 g/mol. The van der Waals surface area contributed by atoms with Crippen molar-refractivity contribution in [1.29, 1.82) is 0 Å². The summed E-state index contributed by atoms with van der Waals surface area (Å²) in [5.41, 5.74) is 0. The van der Waals surface area contributed by atoms with Crippen LogP contribution in [0.2, 0.25) is 0 Å². The summed E-state index contributed by atoms with van der Waals surface area (Å²) in [6, 6.07) is 0. The molecule has 68 heavy (non-hydrogen) atoms. The summed E-state index contributed by atoms with van der Waals surface area (Å²) in [4.78, 5) is 29.5. The molecule has 3 atom stereocenters. The molecule has 3 unspecified atom stereocenters. The summed E-state index contributed by atoms with van der Waals surface area (Å²) in [6.07, 6.45) is 62.7. The molecule has 400 valence electrons. The fraction of sp³-hybridized carbons (Fsp3) is 0.919. The summed E-state index contributed by atoms with van der Waals surface area (Å²) < 4.78 is 13.9. The number of rotatable bonds is 54. The largest absolute Gasteiger partial charge is 0.465 e. The van der Waals surface area contributed by atoms with E-state index in [4.69, 9.17) is 9.47 Å². The molecule has 0 aliphatic rings. The maximum Gasteiger partial charge on any atom is 0.305 e. The molecule has 0 aliphatic heterocycles. The molecule has 1 rings (SSSR count). The average Bonchev–Trinajstić information content (AvgIpc) is 3.87. The second-order valence-electron chi connectivity index (χ2n) is 21.9. The lowest BCUT2D eigenvalue weighted by atomic mass is 9.84. The molecule has 1 aromatic rings. The SMILES string of the molecule is CCCCCCCCCC(CCCCn1ccnc1)CCC(CCCCCCCCC(=O)OCC(CCCC)CCCCCC)CCCCCCCCC(=O)OCC(CCCC)CCCCCC. The van der Waals surface area contributed by atoms with Gasteiger partial charge in [0.25, 0.3) is 0 Å². The molecule has 6 nitrogen and oxygen atoms in total. The molecule has 1 heterocycles. The Morgan fingerprint density at radius 3 is 1.04 bits per heavy atom. The maximum atomic E-state index is 12.6. The number of hydrogen-bond donors (Lipinski definition) is 0. The topological polar surface area (TPSA) is 70.4 Å². The van der Waals surface area contributed by atoms with E-state index in [9.17, 15) is 9.59 Å². The molecule has 0 aromatic carbocycles. The highest BCUT2D eigenvalue weighted by Crippen LogP contribution is 2.30. The molecule has 1 aromatic heterocycles. The lowest BCUT2D eigenvalue weighted by molar-refractivity contribution is -0.146. The van der Waals surface area contributed by atoms with Crippen molar-refractivity contribution in [3.05, 3.63) is 18.7 Å². The number of ether oxygens (including phenoxy) is 2. The molecule has 0 saturated carbocycles. The van der Waals surface area contributed by atoms with Gasteiger partial charge in [0.2, 0.25) is 0 Å². The Morgan fingerprint density at radius 1 is 0.368 bits per heavy atom. The Balaban J connectivity index is 2.56. The zero-order valence-electron chi connectivity index (χ0n) is 46.5. The van der Waals surface area contributed by atoms with Crippen LogP contribution < -0.4 is 0 Å². The lowest BCUT2D eigenvalue weighted by Gasteiger charge is -2.22. The fourth-order valence-corrected chi connectivity index (χ4v) is 10.6. The fourth-order valence-electron chi connectivity index (χ4n) is 10.6. The molecule has 0 saturated heterocycles. The standard InChI is InChI=1S/C62H118N2O4/c1-6-11-16-19-20-25-32-43-58(44-37-38-52-64-53-51-63-56-64)50-49-57(41-33-26-21-23-28-35-47-61(65)67-54-59(39-14-9-4)45-30-17-12-7-2)42-34-27-22-24-29-36-48-62(66)68-55-60(40-15-10-5)46-31-18-13-8-3/h51,53,56-60H,6-50,52,54-55H2,1-5H3. The van der Waals surface area contributed by atoms with Crippen molar-refractivity contribution in [2.45, 2.75) is 330 Å². The van der Waals surface area contributed by atoms with E-state index in [1.807, 2.05) is 12.5 Å². The van der Waals surface area contributed by atoms with Crippen LogP contribution >= 0.6 is 0 Å². The van der Waals surface area contributed by atoms with Crippen LogP contribution in [0, 0.1) is 23.7 Å². The van der Waals surface area contributed by atoms with Crippen LogP contribution in [0.1, 0.15) is 324 Å². The molecular weight excluding hydrogens is 837 g/mol. The van der Waals surface area contributed by atoms with Gasteiger partial charge in [0.1, 0.15) is 0 Å². The molecule has 0 radical (unpaired) electrons. The third-order valence-corrected chi connectivity index (χ3v) is 15.3. The normalized spacial score (nSPS) is 13.4. The van der Waals surface area contributed by atoms with Gasteiger partial charge < -0.3 is 14.0 Å². The van der Waals surface area contributed by atoms with Crippen LogP contribution in [-0.4, -0.2) is 34.7 Å². The Morgan fingerprint density at radius 2 is 0.676 bits per heavy atom. The van der Waals surface area contributed by atoms with Gasteiger partial charge in [0, 0.05) is 31.8 Å². The summed E-state index contributed by atoms with van der Waals surface area (Å²) in [5, 5.41) is 0. The van der Waals surface area contributed by atoms with Gasteiger partial charge in [0.15, 0.2) is 0 Å². The van der Waals surface area contributed by atoms with Gasteiger partial charge in [-0.25, -0.2) is 4.98 Å². The van der Waals surface area contributed by atoms with E-state index in [1.165, 1.54) is 250 Å². The van der Waals surface area contributed by atoms with Gasteiger partial charge in [0.05, 0.1) is 19.5 Å². The number of nitrogens with zero attached hydrogens (tertiary/aromatic N) is 2. The minimum absolute atomic E-state index is 0.0286. The van der Waals surface area contributed by atoms with E-state index in [0.717, 1.165) is 44.1 Å². The molecule has 0 aliphatic carbocycles. The van der Waals surface area contributed by atoms with Crippen LogP contribution in [0.5, 0.6) is 0 Å². The number of carbonyl (C=O) groups excluding carboxylic acids is 2. The first-order valence-electron chi connectivity index (χ1n) is 30.7. The number of hydrogen-bond acceptors (Lipinski definition) is 5. The number of esters is 2. The van der Waals surface area contributed by atoms with Crippen molar-refractivity contribution in [2.75, 3.05) is 13.2 Å².